The van der Waals surface area contributed by atoms with Gasteiger partial charge in [0.25, 0.3) is 0 Å². The van der Waals surface area contributed by atoms with Crippen molar-refractivity contribution in [1.29, 1.82) is 0 Å². The molecule has 6 heteroatoms. The maximum absolute atomic E-state index is 4.74. The van der Waals surface area contributed by atoms with E-state index >= 15 is 0 Å². The van der Waals surface area contributed by atoms with E-state index < -0.39 is 0 Å². The Bertz CT molecular complexity index is 527. The van der Waals surface area contributed by atoms with Gasteiger partial charge < -0.3 is 10.6 Å². The first-order valence-electron chi connectivity index (χ1n) is 9.72. The van der Waals surface area contributed by atoms with Crippen LogP contribution in [0, 0.1) is 0 Å². The molecule has 26 heavy (non-hydrogen) atoms. The molecule has 2 N–H and O–H groups in total. The average molecular weight is 441 g/mol. The summed E-state index contributed by atoms with van der Waals surface area (Å²) in [6.45, 7) is 7.29. The van der Waals surface area contributed by atoms with Gasteiger partial charge in [0.1, 0.15) is 0 Å². The van der Waals surface area contributed by atoms with E-state index in [4.69, 9.17) is 4.99 Å². The summed E-state index contributed by atoms with van der Waals surface area (Å²) in [5.41, 5.74) is 1.39. The number of piperidine rings is 1. The normalized spacial score (nSPS) is 16.7. The number of hydrogen-bond acceptors (Lipinski definition) is 3. The molecule has 0 unspecified atom stereocenters. The number of aliphatic imine (C=N–C) groups is 1. The quantitative estimate of drug-likeness (QED) is 0.344. The molecule has 1 aliphatic rings. The van der Waals surface area contributed by atoms with E-state index in [1.54, 1.807) is 0 Å². The molecule has 0 amide bonds. The number of likely N-dealkylation sites (tertiary alicyclic amines) is 1. The predicted molar refractivity (Wildman–Crippen MR) is 119 cm³/mol. The van der Waals surface area contributed by atoms with Gasteiger partial charge in [0, 0.05) is 43.2 Å². The van der Waals surface area contributed by atoms with Gasteiger partial charge in [-0.25, -0.2) is 0 Å². The van der Waals surface area contributed by atoms with Crippen LogP contribution in [0.3, 0.4) is 0 Å². The second-order valence-electron chi connectivity index (χ2n) is 6.78. The minimum absolute atomic E-state index is 0.528. The molecule has 0 spiro atoms. The van der Waals surface area contributed by atoms with Gasteiger partial charge in [-0.3, -0.25) is 9.89 Å². The minimum Gasteiger partial charge on any atom is -0.357 e. The number of thioether (sulfide) groups is 1. The molecule has 1 aromatic carbocycles. The molecule has 1 heterocycles. The summed E-state index contributed by atoms with van der Waals surface area (Å²) in [5.74, 6) is 2.22. The molecule has 0 aromatic heterocycles. The molecule has 146 valence electrons. The number of halogens is 1. The Hall–Kier alpha value is -0.720. The first-order valence-corrected chi connectivity index (χ1v) is 11.9. The van der Waals surface area contributed by atoms with E-state index in [1.165, 1.54) is 37.0 Å². The van der Waals surface area contributed by atoms with E-state index in [0.717, 1.165) is 43.2 Å². The lowest BCUT2D eigenvalue weighted by molar-refractivity contribution is 0.198. The van der Waals surface area contributed by atoms with Crippen molar-refractivity contribution < 1.29 is 0 Å². The smallest absolute Gasteiger partial charge is 0.191 e. The summed E-state index contributed by atoms with van der Waals surface area (Å²) in [5, 5.41) is 7.03. The molecule has 1 saturated heterocycles. The zero-order valence-electron chi connectivity index (χ0n) is 16.1. The third-order valence-corrected chi connectivity index (χ3v) is 5.84. The molecule has 0 saturated carbocycles. The minimum atomic E-state index is 0.528. The van der Waals surface area contributed by atoms with E-state index in [2.05, 4.69) is 68.9 Å². The third-order valence-electron chi connectivity index (χ3n) is 4.62. The predicted octanol–water partition coefficient (Wildman–Crippen LogP) is 4.11. The molecule has 0 radical (unpaired) electrons. The Kier molecular flexibility index (Phi) is 10.5. The van der Waals surface area contributed by atoms with Crippen molar-refractivity contribution in [3.8, 4) is 0 Å². The maximum atomic E-state index is 4.74. The Morgan fingerprint density at radius 1 is 1.23 bits per heavy atom. The van der Waals surface area contributed by atoms with Crippen molar-refractivity contribution >= 4 is 33.7 Å². The van der Waals surface area contributed by atoms with Gasteiger partial charge in [-0.2, -0.15) is 11.8 Å². The zero-order valence-corrected chi connectivity index (χ0v) is 18.5. The number of rotatable bonds is 9. The first kappa shape index (κ1) is 21.6. The number of nitrogens with zero attached hydrogens (tertiary/aromatic N) is 2. The summed E-state index contributed by atoms with van der Waals surface area (Å²) in [7, 11) is 0. The van der Waals surface area contributed by atoms with Crippen LogP contribution in [-0.2, 0) is 6.54 Å². The molecular weight excluding hydrogens is 408 g/mol. The van der Waals surface area contributed by atoms with Crippen LogP contribution in [0.15, 0.2) is 33.7 Å². The van der Waals surface area contributed by atoms with Gasteiger partial charge >= 0.3 is 0 Å². The van der Waals surface area contributed by atoms with Gasteiger partial charge in [-0.1, -0.05) is 28.1 Å². The third kappa shape index (κ3) is 8.31. The summed E-state index contributed by atoms with van der Waals surface area (Å²) >= 11 is 5.42. The maximum Gasteiger partial charge on any atom is 0.191 e. The highest BCUT2D eigenvalue weighted by Crippen LogP contribution is 2.16. The summed E-state index contributed by atoms with van der Waals surface area (Å²) in [4.78, 5) is 7.29. The van der Waals surface area contributed by atoms with Gasteiger partial charge in [0.2, 0.25) is 0 Å². The highest BCUT2D eigenvalue weighted by atomic mass is 79.9. The van der Waals surface area contributed by atoms with Crippen molar-refractivity contribution in [3.05, 3.63) is 34.3 Å². The highest BCUT2D eigenvalue weighted by Gasteiger charge is 2.20. The lowest BCUT2D eigenvalue weighted by Gasteiger charge is -2.33. The Morgan fingerprint density at radius 3 is 2.62 bits per heavy atom. The van der Waals surface area contributed by atoms with Gasteiger partial charge in [0.15, 0.2) is 5.96 Å². The van der Waals surface area contributed by atoms with Crippen molar-refractivity contribution in [3.63, 3.8) is 0 Å². The van der Waals surface area contributed by atoms with Gasteiger partial charge in [-0.15, -0.1) is 0 Å². The molecule has 0 atom stereocenters. The molecular formula is C20H33BrN4S. The fraction of sp³-hybridized carbons (Fsp3) is 0.650. The van der Waals surface area contributed by atoms with Crippen molar-refractivity contribution in [2.24, 2.45) is 4.99 Å². The monoisotopic (exact) mass is 440 g/mol. The summed E-state index contributed by atoms with van der Waals surface area (Å²) in [6.07, 6.45) is 6.93. The Balaban J connectivity index is 1.72. The topological polar surface area (TPSA) is 39.7 Å². The van der Waals surface area contributed by atoms with Crippen LogP contribution in [0.2, 0.25) is 0 Å². The van der Waals surface area contributed by atoms with E-state index in [-0.39, 0.29) is 0 Å². The average Bonchev–Trinajstić information content (AvgIpc) is 2.65. The number of benzene rings is 1. The fourth-order valence-electron chi connectivity index (χ4n) is 3.15. The van der Waals surface area contributed by atoms with Crippen LogP contribution >= 0.6 is 27.7 Å². The largest absolute Gasteiger partial charge is 0.357 e. The van der Waals surface area contributed by atoms with E-state index in [1.807, 2.05) is 11.8 Å². The zero-order chi connectivity index (χ0) is 18.6. The fourth-order valence-corrected chi connectivity index (χ4v) is 3.90. The highest BCUT2D eigenvalue weighted by molar-refractivity contribution is 9.10. The second kappa shape index (κ2) is 12.6. The number of hydrogen-bond donors (Lipinski definition) is 2. The Morgan fingerprint density at radius 2 is 1.96 bits per heavy atom. The number of unbranched alkanes of at least 4 members (excludes halogenated alkanes) is 1. The lowest BCUT2D eigenvalue weighted by Crippen LogP contribution is -2.48. The summed E-state index contributed by atoms with van der Waals surface area (Å²) < 4.78 is 1.15. The molecule has 1 fully saturated rings. The first-order chi connectivity index (χ1) is 12.7. The Labute approximate surface area is 171 Å². The second-order valence-corrected chi connectivity index (χ2v) is 8.68. The van der Waals surface area contributed by atoms with Crippen molar-refractivity contribution in [2.45, 2.75) is 45.2 Å². The molecule has 0 aliphatic carbocycles. The SMILES string of the molecule is CCNC(=NCCCCSC)NC1CCN(Cc2ccc(Br)cc2)CC1. The van der Waals surface area contributed by atoms with Crippen LogP contribution in [0.25, 0.3) is 0 Å². The van der Waals surface area contributed by atoms with Crippen molar-refractivity contribution in [2.75, 3.05) is 38.2 Å². The number of guanidine groups is 1. The van der Waals surface area contributed by atoms with Crippen LogP contribution in [0.4, 0.5) is 0 Å². The van der Waals surface area contributed by atoms with Crippen LogP contribution in [0.5, 0.6) is 0 Å². The van der Waals surface area contributed by atoms with Crippen LogP contribution < -0.4 is 10.6 Å². The molecule has 4 nitrogen and oxygen atoms in total. The molecule has 2 rings (SSSR count). The molecule has 0 bridgehead atoms. The van der Waals surface area contributed by atoms with Crippen molar-refractivity contribution in [1.82, 2.24) is 15.5 Å². The van der Waals surface area contributed by atoms with Crippen LogP contribution in [0.1, 0.15) is 38.2 Å². The van der Waals surface area contributed by atoms with Crippen LogP contribution in [-0.4, -0.2) is 55.1 Å². The lowest BCUT2D eigenvalue weighted by atomic mass is 10.0. The molecule has 1 aromatic rings. The van der Waals surface area contributed by atoms with E-state index in [9.17, 15) is 0 Å². The van der Waals surface area contributed by atoms with Gasteiger partial charge in [-0.05, 0) is 62.3 Å². The summed E-state index contributed by atoms with van der Waals surface area (Å²) in [6, 6.07) is 9.20. The number of nitrogens with one attached hydrogen (secondary N) is 2. The standard InChI is InChI=1S/C20H33BrN4S/c1-3-22-20(23-12-4-5-15-26-2)24-19-10-13-25(14-11-19)16-17-6-8-18(21)9-7-17/h6-9,19H,3-5,10-16H2,1-2H3,(H2,22,23,24). The van der Waals surface area contributed by atoms with Gasteiger partial charge in [0.05, 0.1) is 0 Å². The van der Waals surface area contributed by atoms with E-state index in [0.29, 0.717) is 6.04 Å². The molecule has 1 aliphatic heterocycles.